The highest BCUT2D eigenvalue weighted by atomic mass is 16.2. The molecule has 0 aliphatic heterocycles. The van der Waals surface area contributed by atoms with Gasteiger partial charge in [0.05, 0.1) is 0 Å². The van der Waals surface area contributed by atoms with Gasteiger partial charge in [0.2, 0.25) is 5.91 Å². The molecule has 1 aromatic carbocycles. The molecular formula is C23H32N2O2. The van der Waals surface area contributed by atoms with Gasteiger partial charge in [-0.3, -0.25) is 9.59 Å². The van der Waals surface area contributed by atoms with E-state index in [1.165, 1.54) is 50.5 Å². The van der Waals surface area contributed by atoms with Crippen LogP contribution >= 0.6 is 0 Å². The zero-order chi connectivity index (χ0) is 18.9. The molecule has 1 fully saturated rings. The van der Waals surface area contributed by atoms with Crippen LogP contribution in [0.4, 0.5) is 0 Å². The Morgan fingerprint density at radius 2 is 1.70 bits per heavy atom. The first kappa shape index (κ1) is 19.7. The van der Waals surface area contributed by atoms with Gasteiger partial charge in [-0.2, -0.15) is 0 Å². The second kappa shape index (κ2) is 10.3. The molecule has 0 bridgehead atoms. The van der Waals surface area contributed by atoms with E-state index in [1.807, 2.05) is 24.3 Å². The Hall–Kier alpha value is -2.10. The fourth-order valence-corrected chi connectivity index (χ4v) is 4.04. The van der Waals surface area contributed by atoms with Crippen molar-refractivity contribution in [2.75, 3.05) is 6.54 Å². The van der Waals surface area contributed by atoms with Crippen molar-refractivity contribution in [3.05, 3.63) is 47.0 Å². The highest BCUT2D eigenvalue weighted by Gasteiger charge is 2.20. The Labute approximate surface area is 162 Å². The van der Waals surface area contributed by atoms with Crippen molar-refractivity contribution in [3.63, 3.8) is 0 Å². The summed E-state index contributed by atoms with van der Waals surface area (Å²) < 4.78 is 0. The zero-order valence-corrected chi connectivity index (χ0v) is 16.3. The SMILES string of the molecule is O=C(NCCC1=CCCCC1)c1ccc(CNC(=O)C2CCCCC2)cc1. The first-order valence-corrected chi connectivity index (χ1v) is 10.5. The molecule has 2 N–H and O–H groups in total. The molecule has 3 rings (SSSR count). The quantitative estimate of drug-likeness (QED) is 0.696. The lowest BCUT2D eigenvalue weighted by atomic mass is 9.88. The smallest absolute Gasteiger partial charge is 0.251 e. The Bertz CT molecular complexity index is 657. The molecule has 0 unspecified atom stereocenters. The molecule has 0 saturated heterocycles. The van der Waals surface area contributed by atoms with Gasteiger partial charge in [0, 0.05) is 24.6 Å². The second-order valence-corrected chi connectivity index (χ2v) is 7.86. The standard InChI is InChI=1S/C23H32N2O2/c26-22(24-16-15-18-7-3-1-4-8-18)21-13-11-19(12-14-21)17-25-23(27)20-9-5-2-6-10-20/h7,11-14,20H,1-6,8-10,15-17H2,(H,24,26)(H,25,27). The van der Waals surface area contributed by atoms with Crippen LogP contribution in [0, 0.1) is 5.92 Å². The predicted molar refractivity (Wildman–Crippen MR) is 108 cm³/mol. The van der Waals surface area contributed by atoms with E-state index in [1.54, 1.807) is 0 Å². The summed E-state index contributed by atoms with van der Waals surface area (Å²) in [6.07, 6.45) is 13.8. The van der Waals surface area contributed by atoms with Crippen LogP contribution < -0.4 is 10.6 Å². The summed E-state index contributed by atoms with van der Waals surface area (Å²) in [6, 6.07) is 7.55. The van der Waals surface area contributed by atoms with Crippen LogP contribution in [0.3, 0.4) is 0 Å². The fourth-order valence-electron chi connectivity index (χ4n) is 4.04. The molecule has 4 nitrogen and oxygen atoms in total. The minimum Gasteiger partial charge on any atom is -0.352 e. The van der Waals surface area contributed by atoms with Gasteiger partial charge in [0.1, 0.15) is 0 Å². The van der Waals surface area contributed by atoms with E-state index in [-0.39, 0.29) is 17.7 Å². The molecule has 2 aliphatic rings. The molecule has 0 atom stereocenters. The highest BCUT2D eigenvalue weighted by Crippen LogP contribution is 2.23. The maximum atomic E-state index is 12.3. The highest BCUT2D eigenvalue weighted by molar-refractivity contribution is 5.94. The lowest BCUT2D eigenvalue weighted by Crippen LogP contribution is -2.31. The summed E-state index contributed by atoms with van der Waals surface area (Å²) >= 11 is 0. The maximum Gasteiger partial charge on any atom is 0.251 e. The van der Waals surface area contributed by atoms with Gasteiger partial charge in [-0.25, -0.2) is 0 Å². The number of amides is 2. The second-order valence-electron chi connectivity index (χ2n) is 7.86. The summed E-state index contributed by atoms with van der Waals surface area (Å²) in [4.78, 5) is 24.5. The molecule has 146 valence electrons. The molecule has 0 aromatic heterocycles. The van der Waals surface area contributed by atoms with E-state index >= 15 is 0 Å². The van der Waals surface area contributed by atoms with Crippen molar-refractivity contribution in [2.45, 2.75) is 70.8 Å². The lowest BCUT2D eigenvalue weighted by molar-refractivity contribution is -0.126. The van der Waals surface area contributed by atoms with Gasteiger partial charge in [0.15, 0.2) is 0 Å². The lowest BCUT2D eigenvalue weighted by Gasteiger charge is -2.20. The van der Waals surface area contributed by atoms with Gasteiger partial charge >= 0.3 is 0 Å². The van der Waals surface area contributed by atoms with E-state index < -0.39 is 0 Å². The third-order valence-corrected chi connectivity index (χ3v) is 5.78. The molecule has 2 amide bonds. The molecular weight excluding hydrogens is 336 g/mol. The number of carbonyl (C=O) groups excluding carboxylic acids is 2. The number of allylic oxidation sites excluding steroid dienone is 1. The van der Waals surface area contributed by atoms with Crippen LogP contribution in [0.2, 0.25) is 0 Å². The number of hydrogen-bond donors (Lipinski definition) is 2. The summed E-state index contributed by atoms with van der Waals surface area (Å²) in [7, 11) is 0. The van der Waals surface area contributed by atoms with E-state index in [0.29, 0.717) is 18.7 Å². The predicted octanol–water partition coefficient (Wildman–Crippen LogP) is 4.50. The van der Waals surface area contributed by atoms with Crippen molar-refractivity contribution in [2.24, 2.45) is 5.92 Å². The molecule has 1 aromatic rings. The average molecular weight is 369 g/mol. The van der Waals surface area contributed by atoms with Gasteiger partial charge < -0.3 is 10.6 Å². The Morgan fingerprint density at radius 3 is 2.41 bits per heavy atom. The molecule has 0 radical (unpaired) electrons. The Kier molecular flexibility index (Phi) is 7.49. The zero-order valence-electron chi connectivity index (χ0n) is 16.3. The van der Waals surface area contributed by atoms with Crippen molar-refractivity contribution in [1.82, 2.24) is 10.6 Å². The maximum absolute atomic E-state index is 12.3. The number of nitrogens with one attached hydrogen (secondary N) is 2. The minimum atomic E-state index is -0.0239. The van der Waals surface area contributed by atoms with Crippen molar-refractivity contribution in [3.8, 4) is 0 Å². The van der Waals surface area contributed by atoms with Crippen LogP contribution in [0.5, 0.6) is 0 Å². The van der Waals surface area contributed by atoms with Gasteiger partial charge in [0.25, 0.3) is 5.91 Å². The summed E-state index contributed by atoms with van der Waals surface area (Å²) in [5.74, 6) is 0.334. The number of rotatable bonds is 7. The summed E-state index contributed by atoms with van der Waals surface area (Å²) in [6.45, 7) is 1.23. The fraction of sp³-hybridized carbons (Fsp3) is 0.565. The van der Waals surface area contributed by atoms with Crippen LogP contribution in [-0.4, -0.2) is 18.4 Å². The van der Waals surface area contributed by atoms with E-state index in [9.17, 15) is 9.59 Å². The Morgan fingerprint density at radius 1 is 0.926 bits per heavy atom. The molecule has 2 aliphatic carbocycles. The topological polar surface area (TPSA) is 58.2 Å². The third-order valence-electron chi connectivity index (χ3n) is 5.78. The molecule has 0 heterocycles. The third kappa shape index (κ3) is 6.23. The molecule has 4 heteroatoms. The van der Waals surface area contributed by atoms with E-state index in [0.717, 1.165) is 24.8 Å². The number of hydrogen-bond acceptors (Lipinski definition) is 2. The normalized spacial score (nSPS) is 17.9. The van der Waals surface area contributed by atoms with Gasteiger partial charge in [-0.1, -0.05) is 43.0 Å². The average Bonchev–Trinajstić information content (AvgIpc) is 2.73. The molecule has 1 saturated carbocycles. The molecule has 27 heavy (non-hydrogen) atoms. The van der Waals surface area contributed by atoms with Crippen LogP contribution in [0.1, 0.15) is 80.1 Å². The van der Waals surface area contributed by atoms with Crippen LogP contribution in [0.25, 0.3) is 0 Å². The van der Waals surface area contributed by atoms with E-state index in [2.05, 4.69) is 16.7 Å². The first-order chi connectivity index (χ1) is 13.2. The Balaban J connectivity index is 1.40. The monoisotopic (exact) mass is 368 g/mol. The van der Waals surface area contributed by atoms with Gasteiger partial charge in [-0.15, -0.1) is 0 Å². The van der Waals surface area contributed by atoms with Crippen LogP contribution in [0.15, 0.2) is 35.9 Å². The van der Waals surface area contributed by atoms with Crippen LogP contribution in [-0.2, 0) is 11.3 Å². The van der Waals surface area contributed by atoms with Crippen molar-refractivity contribution < 1.29 is 9.59 Å². The van der Waals surface area contributed by atoms with Crippen molar-refractivity contribution >= 4 is 11.8 Å². The minimum absolute atomic E-state index is 0.0239. The van der Waals surface area contributed by atoms with Gasteiger partial charge in [-0.05, 0) is 62.6 Å². The first-order valence-electron chi connectivity index (χ1n) is 10.5. The summed E-state index contributed by atoms with van der Waals surface area (Å²) in [5.41, 5.74) is 3.18. The van der Waals surface area contributed by atoms with E-state index in [4.69, 9.17) is 0 Å². The molecule has 0 spiro atoms. The number of carbonyl (C=O) groups is 2. The number of benzene rings is 1. The largest absolute Gasteiger partial charge is 0.352 e. The summed E-state index contributed by atoms with van der Waals surface area (Å²) in [5, 5.41) is 6.05. The van der Waals surface area contributed by atoms with Crippen molar-refractivity contribution in [1.29, 1.82) is 0 Å².